The third-order valence-electron chi connectivity index (χ3n) is 4.15. The summed E-state index contributed by atoms with van der Waals surface area (Å²) < 4.78 is 5.46. The number of amides is 2. The number of rotatable bonds is 7. The number of anilines is 1. The first-order chi connectivity index (χ1) is 13.6. The molecule has 0 heterocycles. The first-order valence-electron chi connectivity index (χ1n) is 8.99. The van der Waals surface area contributed by atoms with E-state index in [0.29, 0.717) is 23.5 Å². The standard InChI is InChI=1S/C23H22N2O3/c1-25(16-18-10-4-2-5-11-18)23(27)20-14-8-9-15-21(20)24-22(26)17-28-19-12-6-3-7-13-19/h2-15H,16-17H2,1H3,(H,24,26). The van der Waals surface area contributed by atoms with E-state index in [1.165, 1.54) is 0 Å². The fourth-order valence-electron chi connectivity index (χ4n) is 2.77. The van der Waals surface area contributed by atoms with Crippen LogP contribution in [0.2, 0.25) is 0 Å². The molecule has 3 aromatic rings. The number of ether oxygens (including phenoxy) is 1. The van der Waals surface area contributed by atoms with Crippen molar-refractivity contribution in [2.75, 3.05) is 19.0 Å². The van der Waals surface area contributed by atoms with Crippen LogP contribution in [-0.2, 0) is 11.3 Å². The molecule has 142 valence electrons. The molecule has 2 amide bonds. The lowest BCUT2D eigenvalue weighted by Gasteiger charge is -2.19. The highest BCUT2D eigenvalue weighted by molar-refractivity contribution is 6.03. The molecule has 0 radical (unpaired) electrons. The molecule has 0 unspecified atom stereocenters. The molecule has 0 aliphatic rings. The zero-order chi connectivity index (χ0) is 19.8. The summed E-state index contributed by atoms with van der Waals surface area (Å²) in [5.41, 5.74) is 1.94. The maximum absolute atomic E-state index is 12.9. The molecular formula is C23H22N2O3. The van der Waals surface area contributed by atoms with Crippen LogP contribution >= 0.6 is 0 Å². The molecule has 5 heteroatoms. The predicted octanol–water partition coefficient (Wildman–Crippen LogP) is 3.98. The van der Waals surface area contributed by atoms with Gasteiger partial charge in [0.25, 0.3) is 11.8 Å². The van der Waals surface area contributed by atoms with Gasteiger partial charge in [-0.05, 0) is 29.8 Å². The van der Waals surface area contributed by atoms with Crippen LogP contribution in [0.5, 0.6) is 5.75 Å². The van der Waals surface area contributed by atoms with E-state index in [4.69, 9.17) is 4.74 Å². The van der Waals surface area contributed by atoms with E-state index < -0.39 is 0 Å². The lowest BCUT2D eigenvalue weighted by Crippen LogP contribution is -2.28. The Hall–Kier alpha value is -3.60. The maximum atomic E-state index is 12.9. The number of hydrogen-bond acceptors (Lipinski definition) is 3. The molecule has 0 bridgehead atoms. The molecular weight excluding hydrogens is 352 g/mol. The Morgan fingerprint density at radius 3 is 2.18 bits per heavy atom. The van der Waals surface area contributed by atoms with Crippen LogP contribution < -0.4 is 10.1 Å². The lowest BCUT2D eigenvalue weighted by molar-refractivity contribution is -0.118. The summed E-state index contributed by atoms with van der Waals surface area (Å²) in [5, 5.41) is 2.77. The lowest BCUT2D eigenvalue weighted by atomic mass is 10.1. The summed E-state index contributed by atoms with van der Waals surface area (Å²) in [6, 6.07) is 25.8. The zero-order valence-corrected chi connectivity index (χ0v) is 15.7. The van der Waals surface area contributed by atoms with Gasteiger partial charge in [-0.15, -0.1) is 0 Å². The van der Waals surface area contributed by atoms with Gasteiger partial charge in [-0.2, -0.15) is 0 Å². The molecule has 0 aliphatic heterocycles. The quantitative estimate of drug-likeness (QED) is 0.681. The summed E-state index contributed by atoms with van der Waals surface area (Å²) in [5.74, 6) is 0.128. The smallest absolute Gasteiger partial charge is 0.262 e. The van der Waals surface area contributed by atoms with Crippen molar-refractivity contribution in [3.63, 3.8) is 0 Å². The van der Waals surface area contributed by atoms with E-state index in [-0.39, 0.29) is 18.4 Å². The van der Waals surface area contributed by atoms with Gasteiger partial charge in [0.1, 0.15) is 5.75 Å². The predicted molar refractivity (Wildman–Crippen MR) is 109 cm³/mol. The summed E-state index contributed by atoms with van der Waals surface area (Å²) in [6.45, 7) is 0.353. The van der Waals surface area contributed by atoms with Crippen molar-refractivity contribution in [3.05, 3.63) is 96.1 Å². The third kappa shape index (κ3) is 5.20. The van der Waals surface area contributed by atoms with Crippen LogP contribution in [0.1, 0.15) is 15.9 Å². The minimum Gasteiger partial charge on any atom is -0.484 e. The van der Waals surface area contributed by atoms with E-state index >= 15 is 0 Å². The van der Waals surface area contributed by atoms with Gasteiger partial charge in [0.2, 0.25) is 0 Å². The average molecular weight is 374 g/mol. The van der Waals surface area contributed by atoms with Crippen LogP contribution in [0.3, 0.4) is 0 Å². The molecule has 0 spiro atoms. The van der Waals surface area contributed by atoms with Crippen molar-refractivity contribution >= 4 is 17.5 Å². The van der Waals surface area contributed by atoms with Crippen LogP contribution in [0.4, 0.5) is 5.69 Å². The van der Waals surface area contributed by atoms with Crippen molar-refractivity contribution in [2.45, 2.75) is 6.54 Å². The highest BCUT2D eigenvalue weighted by Gasteiger charge is 2.17. The Labute approximate surface area is 164 Å². The first kappa shape index (κ1) is 19.2. The van der Waals surface area contributed by atoms with Crippen molar-refractivity contribution in [1.82, 2.24) is 4.90 Å². The normalized spacial score (nSPS) is 10.2. The minimum absolute atomic E-state index is 0.133. The van der Waals surface area contributed by atoms with Gasteiger partial charge in [0.05, 0.1) is 11.3 Å². The fraction of sp³-hybridized carbons (Fsp3) is 0.130. The van der Waals surface area contributed by atoms with Crippen LogP contribution in [-0.4, -0.2) is 30.4 Å². The SMILES string of the molecule is CN(Cc1ccccc1)C(=O)c1ccccc1NC(=O)COc1ccccc1. The molecule has 0 fully saturated rings. The van der Waals surface area contributed by atoms with Crippen molar-refractivity contribution in [1.29, 1.82) is 0 Å². The van der Waals surface area contributed by atoms with E-state index in [0.717, 1.165) is 5.56 Å². The van der Waals surface area contributed by atoms with Gasteiger partial charge >= 0.3 is 0 Å². The Bertz CT molecular complexity index is 927. The molecule has 0 aromatic heterocycles. The molecule has 0 saturated heterocycles. The van der Waals surface area contributed by atoms with E-state index in [9.17, 15) is 9.59 Å². The number of nitrogens with zero attached hydrogens (tertiary/aromatic N) is 1. The van der Waals surface area contributed by atoms with Gasteiger partial charge in [-0.3, -0.25) is 9.59 Å². The largest absolute Gasteiger partial charge is 0.484 e. The van der Waals surface area contributed by atoms with Crippen LogP contribution in [0.15, 0.2) is 84.9 Å². The number of hydrogen-bond donors (Lipinski definition) is 1. The monoisotopic (exact) mass is 374 g/mol. The zero-order valence-electron chi connectivity index (χ0n) is 15.7. The molecule has 3 rings (SSSR count). The van der Waals surface area contributed by atoms with E-state index in [2.05, 4.69) is 5.32 Å². The highest BCUT2D eigenvalue weighted by atomic mass is 16.5. The Kier molecular flexibility index (Phi) is 6.41. The molecule has 28 heavy (non-hydrogen) atoms. The second kappa shape index (κ2) is 9.37. The van der Waals surface area contributed by atoms with Crippen LogP contribution in [0, 0.1) is 0 Å². The van der Waals surface area contributed by atoms with Gasteiger partial charge < -0.3 is 15.0 Å². The van der Waals surface area contributed by atoms with Gasteiger partial charge in [-0.25, -0.2) is 0 Å². The summed E-state index contributed by atoms with van der Waals surface area (Å²) in [6.07, 6.45) is 0. The highest BCUT2D eigenvalue weighted by Crippen LogP contribution is 2.18. The summed E-state index contributed by atoms with van der Waals surface area (Å²) in [4.78, 5) is 26.8. The number of carbonyl (C=O) groups is 2. The van der Waals surface area contributed by atoms with E-state index in [1.807, 2.05) is 48.5 Å². The Morgan fingerprint density at radius 1 is 0.857 bits per heavy atom. The maximum Gasteiger partial charge on any atom is 0.262 e. The number of para-hydroxylation sites is 2. The van der Waals surface area contributed by atoms with Crippen LogP contribution in [0.25, 0.3) is 0 Å². The van der Waals surface area contributed by atoms with Crippen molar-refractivity contribution in [2.24, 2.45) is 0 Å². The molecule has 0 saturated carbocycles. The second-order valence-electron chi connectivity index (χ2n) is 6.34. The molecule has 0 atom stereocenters. The van der Waals surface area contributed by atoms with Gasteiger partial charge in [-0.1, -0.05) is 60.7 Å². The summed E-state index contributed by atoms with van der Waals surface area (Å²) >= 11 is 0. The Morgan fingerprint density at radius 2 is 1.46 bits per heavy atom. The number of benzene rings is 3. The van der Waals surface area contributed by atoms with Crippen molar-refractivity contribution in [3.8, 4) is 5.75 Å². The third-order valence-corrected chi connectivity index (χ3v) is 4.15. The van der Waals surface area contributed by atoms with E-state index in [1.54, 1.807) is 48.3 Å². The Balaban J connectivity index is 1.64. The fourth-order valence-corrected chi connectivity index (χ4v) is 2.77. The number of carbonyl (C=O) groups excluding carboxylic acids is 2. The number of nitrogens with one attached hydrogen (secondary N) is 1. The summed E-state index contributed by atoms with van der Waals surface area (Å²) in [7, 11) is 1.74. The molecule has 0 aliphatic carbocycles. The topological polar surface area (TPSA) is 58.6 Å². The second-order valence-corrected chi connectivity index (χ2v) is 6.34. The molecule has 1 N–H and O–H groups in total. The van der Waals surface area contributed by atoms with Gasteiger partial charge in [0.15, 0.2) is 6.61 Å². The minimum atomic E-state index is -0.324. The molecule has 5 nitrogen and oxygen atoms in total. The first-order valence-corrected chi connectivity index (χ1v) is 8.99. The molecule has 3 aromatic carbocycles. The average Bonchev–Trinajstić information content (AvgIpc) is 2.73. The van der Waals surface area contributed by atoms with Crippen molar-refractivity contribution < 1.29 is 14.3 Å². The van der Waals surface area contributed by atoms with Gasteiger partial charge in [0, 0.05) is 13.6 Å².